The van der Waals surface area contributed by atoms with Gasteiger partial charge in [0.2, 0.25) is 0 Å². The van der Waals surface area contributed by atoms with Crippen molar-refractivity contribution in [2.24, 2.45) is 16.0 Å². The first-order valence-electron chi connectivity index (χ1n) is 8.62. The molecule has 0 spiro atoms. The zero-order chi connectivity index (χ0) is 20.1. The van der Waals surface area contributed by atoms with Gasteiger partial charge in [-0.15, -0.1) is 5.11 Å². The van der Waals surface area contributed by atoms with E-state index in [0.717, 1.165) is 29.7 Å². The number of allylic oxidation sites excluding steroid dienone is 1. The van der Waals surface area contributed by atoms with Crippen molar-refractivity contribution in [2.75, 3.05) is 31.2 Å². The average Bonchev–Trinajstić information content (AvgIpc) is 3.13. The summed E-state index contributed by atoms with van der Waals surface area (Å²) in [7, 11) is 0. The van der Waals surface area contributed by atoms with Gasteiger partial charge in [-0.3, -0.25) is 0 Å². The van der Waals surface area contributed by atoms with Crippen LogP contribution in [0.1, 0.15) is 12.6 Å². The highest BCUT2D eigenvalue weighted by Gasteiger charge is 2.36. The van der Waals surface area contributed by atoms with E-state index in [1.165, 1.54) is 12.3 Å². The highest BCUT2D eigenvalue weighted by Crippen LogP contribution is 2.32. The summed E-state index contributed by atoms with van der Waals surface area (Å²) in [5.74, 6) is 0.863. The number of hydrogen-bond acceptors (Lipinski definition) is 7. The smallest absolute Gasteiger partial charge is 0.382 e. The van der Waals surface area contributed by atoms with Crippen molar-refractivity contribution in [3.63, 3.8) is 0 Å². The number of aromatic nitrogens is 3. The van der Waals surface area contributed by atoms with E-state index in [1.54, 1.807) is 19.1 Å². The summed E-state index contributed by atoms with van der Waals surface area (Å²) in [6.07, 6.45) is -1.57. The normalized spacial score (nSPS) is 16.1. The Morgan fingerprint density at radius 1 is 1.32 bits per heavy atom. The molecule has 0 saturated carbocycles. The molecular weight excluding hydrogens is 375 g/mol. The first kappa shape index (κ1) is 19.8. The van der Waals surface area contributed by atoms with E-state index in [4.69, 9.17) is 10.5 Å². The van der Waals surface area contributed by atoms with Crippen LogP contribution in [0.25, 0.3) is 11.3 Å². The SMILES string of the molecule is C/C=C(N)\N=N/Cn1nc(-c2ccc(N3CCOCC3)nc2)cc1C(F)(F)F. The largest absolute Gasteiger partial charge is 0.433 e. The fourth-order valence-electron chi connectivity index (χ4n) is 2.64. The lowest BCUT2D eigenvalue weighted by Gasteiger charge is -2.27. The van der Waals surface area contributed by atoms with Gasteiger partial charge in [0.05, 0.1) is 18.9 Å². The Morgan fingerprint density at radius 3 is 2.68 bits per heavy atom. The molecule has 0 aliphatic carbocycles. The third-order valence-corrected chi connectivity index (χ3v) is 4.13. The number of pyridine rings is 1. The Labute approximate surface area is 159 Å². The predicted molar refractivity (Wildman–Crippen MR) is 96.3 cm³/mol. The number of morpholine rings is 1. The summed E-state index contributed by atoms with van der Waals surface area (Å²) >= 11 is 0. The van der Waals surface area contributed by atoms with Crippen LogP contribution in [0.15, 0.2) is 46.5 Å². The number of anilines is 1. The van der Waals surface area contributed by atoms with Crippen LogP contribution >= 0.6 is 0 Å². The molecule has 0 aromatic carbocycles. The van der Waals surface area contributed by atoms with Crippen LogP contribution in [-0.2, 0) is 17.6 Å². The summed E-state index contributed by atoms with van der Waals surface area (Å²) < 4.78 is 46.0. The number of azo groups is 1. The van der Waals surface area contributed by atoms with Crippen molar-refractivity contribution >= 4 is 5.82 Å². The number of halogens is 3. The molecular formula is C17H20F3N7O. The van der Waals surface area contributed by atoms with Gasteiger partial charge in [0.25, 0.3) is 0 Å². The van der Waals surface area contributed by atoms with E-state index in [9.17, 15) is 13.2 Å². The third-order valence-electron chi connectivity index (χ3n) is 4.13. The molecule has 28 heavy (non-hydrogen) atoms. The maximum absolute atomic E-state index is 13.3. The minimum absolute atomic E-state index is 0.115. The summed E-state index contributed by atoms with van der Waals surface area (Å²) in [6, 6.07) is 4.43. The van der Waals surface area contributed by atoms with Gasteiger partial charge in [-0.05, 0) is 31.2 Å². The van der Waals surface area contributed by atoms with Crippen molar-refractivity contribution in [3.05, 3.63) is 42.0 Å². The van der Waals surface area contributed by atoms with E-state index in [-0.39, 0.29) is 11.5 Å². The van der Waals surface area contributed by atoms with Crippen molar-refractivity contribution in [1.82, 2.24) is 14.8 Å². The van der Waals surface area contributed by atoms with Gasteiger partial charge in [0, 0.05) is 24.8 Å². The number of nitrogens with zero attached hydrogens (tertiary/aromatic N) is 6. The molecule has 3 rings (SSSR count). The van der Waals surface area contributed by atoms with Crippen molar-refractivity contribution in [1.29, 1.82) is 0 Å². The topological polar surface area (TPSA) is 93.9 Å². The fourth-order valence-corrected chi connectivity index (χ4v) is 2.64. The number of rotatable bonds is 5. The van der Waals surface area contributed by atoms with Crippen LogP contribution in [-0.4, -0.2) is 41.1 Å². The highest BCUT2D eigenvalue weighted by atomic mass is 19.4. The van der Waals surface area contributed by atoms with Crippen molar-refractivity contribution < 1.29 is 17.9 Å². The Kier molecular flexibility index (Phi) is 5.93. The van der Waals surface area contributed by atoms with Crippen LogP contribution in [0, 0.1) is 0 Å². The van der Waals surface area contributed by atoms with Gasteiger partial charge in [-0.1, -0.05) is 0 Å². The molecule has 1 saturated heterocycles. The van der Waals surface area contributed by atoms with Crippen LogP contribution in [0.5, 0.6) is 0 Å². The zero-order valence-electron chi connectivity index (χ0n) is 15.2. The van der Waals surface area contributed by atoms with E-state index >= 15 is 0 Å². The molecule has 0 unspecified atom stereocenters. The molecule has 3 heterocycles. The summed E-state index contributed by atoms with van der Waals surface area (Å²) in [5, 5.41) is 11.3. The summed E-state index contributed by atoms with van der Waals surface area (Å²) in [6.45, 7) is 3.93. The number of hydrogen-bond donors (Lipinski definition) is 1. The van der Waals surface area contributed by atoms with E-state index < -0.39 is 18.5 Å². The first-order valence-corrected chi connectivity index (χ1v) is 8.62. The average molecular weight is 395 g/mol. The van der Waals surface area contributed by atoms with E-state index in [1.807, 2.05) is 0 Å². The van der Waals surface area contributed by atoms with E-state index in [0.29, 0.717) is 18.8 Å². The Hall–Kier alpha value is -2.95. The lowest BCUT2D eigenvalue weighted by molar-refractivity contribution is -0.144. The van der Waals surface area contributed by atoms with Crippen LogP contribution in [0.2, 0.25) is 0 Å². The summed E-state index contributed by atoms with van der Waals surface area (Å²) in [4.78, 5) is 6.40. The van der Waals surface area contributed by atoms with Gasteiger partial charge in [-0.25, -0.2) is 9.67 Å². The second-order valence-corrected chi connectivity index (χ2v) is 6.01. The standard InChI is InChI=1S/C17H20F3N7O/c1-2-15(21)24-23-11-27-14(17(18,19)20)9-13(25-27)12-3-4-16(22-10-12)26-5-7-28-8-6-26/h2-4,9-10H,5-8,11,21H2,1H3/b15-2-,24-23-. The lowest BCUT2D eigenvalue weighted by atomic mass is 10.2. The molecule has 150 valence electrons. The Morgan fingerprint density at radius 2 is 2.07 bits per heavy atom. The second kappa shape index (κ2) is 8.38. The predicted octanol–water partition coefficient (Wildman–Crippen LogP) is 3.03. The van der Waals surface area contributed by atoms with Gasteiger partial charge in [0.15, 0.2) is 6.67 Å². The Balaban J connectivity index is 1.84. The second-order valence-electron chi connectivity index (χ2n) is 6.01. The van der Waals surface area contributed by atoms with E-state index in [2.05, 4.69) is 25.2 Å². The van der Waals surface area contributed by atoms with Gasteiger partial charge in [-0.2, -0.15) is 23.4 Å². The Bertz CT molecular complexity index is 853. The summed E-state index contributed by atoms with van der Waals surface area (Å²) in [5.41, 5.74) is 5.18. The zero-order valence-corrected chi connectivity index (χ0v) is 15.2. The molecule has 2 N–H and O–H groups in total. The van der Waals surface area contributed by atoms with Gasteiger partial charge < -0.3 is 15.4 Å². The number of nitrogens with two attached hydrogens (primary N) is 1. The molecule has 0 amide bonds. The maximum Gasteiger partial charge on any atom is 0.433 e. The minimum atomic E-state index is -4.58. The quantitative estimate of drug-likeness (QED) is 0.786. The highest BCUT2D eigenvalue weighted by molar-refractivity contribution is 5.60. The lowest BCUT2D eigenvalue weighted by Crippen LogP contribution is -2.36. The molecule has 0 atom stereocenters. The number of ether oxygens (including phenoxy) is 1. The number of alkyl halides is 3. The fraction of sp³-hybridized carbons (Fsp3) is 0.412. The van der Waals surface area contributed by atoms with Crippen LogP contribution in [0.3, 0.4) is 0 Å². The van der Waals surface area contributed by atoms with Crippen LogP contribution < -0.4 is 10.6 Å². The molecule has 2 aromatic heterocycles. The van der Waals surface area contributed by atoms with Gasteiger partial charge in [0.1, 0.15) is 17.3 Å². The first-order chi connectivity index (χ1) is 13.4. The van der Waals surface area contributed by atoms with Gasteiger partial charge >= 0.3 is 6.18 Å². The third kappa shape index (κ3) is 4.66. The molecule has 2 aromatic rings. The van der Waals surface area contributed by atoms with Crippen LogP contribution in [0.4, 0.5) is 19.0 Å². The maximum atomic E-state index is 13.3. The molecule has 1 aliphatic rings. The van der Waals surface area contributed by atoms with Crippen molar-refractivity contribution in [3.8, 4) is 11.3 Å². The monoisotopic (exact) mass is 395 g/mol. The molecule has 11 heteroatoms. The minimum Gasteiger partial charge on any atom is -0.382 e. The molecule has 0 radical (unpaired) electrons. The molecule has 8 nitrogen and oxygen atoms in total. The molecule has 1 aliphatic heterocycles. The van der Waals surface area contributed by atoms with Crippen molar-refractivity contribution in [2.45, 2.75) is 19.8 Å². The molecule has 1 fully saturated rings. The molecule has 0 bridgehead atoms.